The summed E-state index contributed by atoms with van der Waals surface area (Å²) in [7, 11) is -3.43. The molecule has 0 bridgehead atoms. The first-order valence-corrected chi connectivity index (χ1v) is 14.0. The fraction of sp³-hybridized carbons (Fsp3) is 0.154. The van der Waals surface area contributed by atoms with Crippen molar-refractivity contribution < 1.29 is 12.8 Å². The quantitative estimate of drug-likeness (QED) is 0.305. The summed E-state index contributed by atoms with van der Waals surface area (Å²) in [5, 5.41) is 3.93. The molecule has 190 valence electrons. The second-order valence-corrected chi connectivity index (χ2v) is 11.3. The third-order valence-corrected chi connectivity index (χ3v) is 7.34. The van der Waals surface area contributed by atoms with Crippen molar-refractivity contribution in [2.45, 2.75) is 19.0 Å². The Hall–Kier alpha value is -3.47. The van der Waals surface area contributed by atoms with Gasteiger partial charge >= 0.3 is 0 Å². The highest BCUT2D eigenvalue weighted by atomic mass is 35.5. The molecule has 2 atom stereocenters. The zero-order valence-electron chi connectivity index (χ0n) is 19.9. The summed E-state index contributed by atoms with van der Waals surface area (Å²) in [4.78, 5) is 6.57. The largest absolute Gasteiger partial charge is 0.351 e. The van der Waals surface area contributed by atoms with Crippen LogP contribution in [0.25, 0.3) is 5.69 Å². The summed E-state index contributed by atoms with van der Waals surface area (Å²) in [6.45, 7) is 1.83. The number of nitrogens with zero attached hydrogens (tertiary/aromatic N) is 3. The number of pyridine rings is 1. The summed E-state index contributed by atoms with van der Waals surface area (Å²) >= 11 is 11.9. The number of hydrogen-bond donors (Lipinski definition) is 2. The van der Waals surface area contributed by atoms with Gasteiger partial charge in [0.25, 0.3) is 0 Å². The van der Waals surface area contributed by atoms with Crippen LogP contribution in [0, 0.1) is 12.7 Å². The highest BCUT2D eigenvalue weighted by Crippen LogP contribution is 2.43. The molecule has 5 rings (SSSR count). The van der Waals surface area contributed by atoms with Crippen LogP contribution in [-0.4, -0.2) is 29.3 Å². The molecule has 3 heterocycles. The molecule has 2 aromatic heterocycles. The van der Waals surface area contributed by atoms with Crippen LogP contribution in [-0.2, 0) is 10.0 Å². The van der Waals surface area contributed by atoms with Crippen molar-refractivity contribution in [3.05, 3.63) is 107 Å². The molecular weight excluding hydrogens is 533 g/mol. The Morgan fingerprint density at radius 2 is 1.86 bits per heavy atom. The first-order valence-electron chi connectivity index (χ1n) is 11.3. The maximum Gasteiger partial charge on any atom is 0.229 e. The molecule has 1 saturated heterocycles. The fourth-order valence-electron chi connectivity index (χ4n) is 4.55. The number of aromatic nitrogens is 2. The molecule has 2 aromatic carbocycles. The summed E-state index contributed by atoms with van der Waals surface area (Å²) in [6, 6.07) is 19.0. The second kappa shape index (κ2) is 9.77. The zero-order valence-corrected chi connectivity index (χ0v) is 22.3. The van der Waals surface area contributed by atoms with Crippen molar-refractivity contribution >= 4 is 50.3 Å². The van der Waals surface area contributed by atoms with Crippen molar-refractivity contribution in [3.63, 3.8) is 0 Å². The first-order chi connectivity index (χ1) is 17.6. The van der Waals surface area contributed by atoms with Gasteiger partial charge in [-0.3, -0.25) is 9.71 Å². The molecule has 2 N–H and O–H groups in total. The van der Waals surface area contributed by atoms with Gasteiger partial charge in [-0.05, 0) is 85.4 Å². The second-order valence-electron chi connectivity index (χ2n) is 8.77. The predicted octanol–water partition coefficient (Wildman–Crippen LogP) is 5.52. The molecule has 0 spiro atoms. The molecule has 1 aliphatic rings. The maximum absolute atomic E-state index is 13.9. The molecule has 0 unspecified atom stereocenters. The van der Waals surface area contributed by atoms with E-state index in [0.29, 0.717) is 16.5 Å². The Morgan fingerprint density at radius 3 is 2.54 bits per heavy atom. The predicted molar refractivity (Wildman–Crippen MR) is 148 cm³/mol. The molecule has 1 fully saturated rings. The Morgan fingerprint density at radius 1 is 1.08 bits per heavy atom. The van der Waals surface area contributed by atoms with Gasteiger partial charge in [0, 0.05) is 29.5 Å². The van der Waals surface area contributed by atoms with Gasteiger partial charge in [0.15, 0.2) is 5.11 Å². The zero-order chi connectivity index (χ0) is 26.3. The number of sulfonamides is 1. The van der Waals surface area contributed by atoms with E-state index in [1.54, 1.807) is 24.4 Å². The smallest absolute Gasteiger partial charge is 0.229 e. The van der Waals surface area contributed by atoms with Gasteiger partial charge in [-0.25, -0.2) is 12.8 Å². The van der Waals surface area contributed by atoms with E-state index in [2.05, 4.69) is 15.0 Å². The number of halogens is 2. The van der Waals surface area contributed by atoms with E-state index >= 15 is 0 Å². The van der Waals surface area contributed by atoms with Gasteiger partial charge in [0.05, 0.1) is 28.7 Å². The van der Waals surface area contributed by atoms with E-state index in [1.165, 1.54) is 6.07 Å². The van der Waals surface area contributed by atoms with Crippen molar-refractivity contribution in [1.82, 2.24) is 14.9 Å². The normalized spacial score (nSPS) is 17.6. The maximum atomic E-state index is 13.9. The summed E-state index contributed by atoms with van der Waals surface area (Å²) in [6.07, 6.45) is 4.73. The van der Waals surface area contributed by atoms with Crippen LogP contribution in [0.4, 0.5) is 15.8 Å². The number of aryl methyl sites for hydroxylation is 1. The molecule has 1 aliphatic heterocycles. The van der Waals surface area contributed by atoms with Crippen LogP contribution in [0.3, 0.4) is 0 Å². The SMILES string of the molecule is Cc1cc(N2C(=S)N[C@@H](c3ccccn3)[C@@H]2c2cccn2-c2ccc(F)c(Cl)c2)ccc1NS(C)(=O)=O. The van der Waals surface area contributed by atoms with Crippen LogP contribution in [0.15, 0.2) is 79.1 Å². The van der Waals surface area contributed by atoms with Crippen LogP contribution in [0.5, 0.6) is 0 Å². The van der Waals surface area contributed by atoms with Gasteiger partial charge in [-0.2, -0.15) is 0 Å². The molecule has 37 heavy (non-hydrogen) atoms. The number of anilines is 2. The molecular formula is C26H23ClFN5O2S2. The van der Waals surface area contributed by atoms with E-state index in [1.807, 2.05) is 65.1 Å². The summed E-state index contributed by atoms with van der Waals surface area (Å²) in [5.74, 6) is -0.492. The number of nitrogens with one attached hydrogen (secondary N) is 2. The van der Waals surface area contributed by atoms with Gasteiger partial charge < -0.3 is 14.8 Å². The third-order valence-electron chi connectivity index (χ3n) is 6.15. The molecule has 0 radical (unpaired) electrons. The number of benzene rings is 2. The monoisotopic (exact) mass is 555 g/mol. The van der Waals surface area contributed by atoms with E-state index in [9.17, 15) is 12.8 Å². The lowest BCUT2D eigenvalue weighted by atomic mass is 10.0. The molecule has 11 heteroatoms. The summed E-state index contributed by atoms with van der Waals surface area (Å²) in [5.41, 5.74) is 4.39. The summed E-state index contributed by atoms with van der Waals surface area (Å²) < 4.78 is 41.9. The average molecular weight is 556 g/mol. The molecule has 0 aliphatic carbocycles. The van der Waals surface area contributed by atoms with Crippen LogP contribution < -0.4 is 14.9 Å². The van der Waals surface area contributed by atoms with Crippen molar-refractivity contribution in [3.8, 4) is 5.69 Å². The van der Waals surface area contributed by atoms with Crippen LogP contribution in [0.2, 0.25) is 5.02 Å². The standard InChI is InChI=1S/C26H23ClFN5O2S2/c1-16-14-18(9-11-21(16)31-37(2,34)35)33-25(24(30-26(33)36)22-6-3-4-12-29-22)23-7-5-13-32(23)17-8-10-20(28)19(27)15-17/h3-15,24-25,31H,1-2H3,(H,30,36)/t24-,25-/m0/s1. The van der Waals surface area contributed by atoms with E-state index in [-0.39, 0.29) is 17.1 Å². The molecule has 4 aromatic rings. The lowest BCUT2D eigenvalue weighted by Crippen LogP contribution is -2.30. The lowest BCUT2D eigenvalue weighted by Gasteiger charge is -2.29. The number of hydrogen-bond acceptors (Lipinski definition) is 4. The third kappa shape index (κ3) is 5.04. The van der Waals surface area contributed by atoms with Crippen LogP contribution >= 0.6 is 23.8 Å². The minimum absolute atomic E-state index is 0.0277. The Labute approximate surface area is 225 Å². The molecule has 0 saturated carbocycles. The van der Waals surface area contributed by atoms with Gasteiger partial charge in [0.2, 0.25) is 10.0 Å². The average Bonchev–Trinajstić information content (AvgIpc) is 3.46. The van der Waals surface area contributed by atoms with E-state index in [0.717, 1.165) is 28.9 Å². The van der Waals surface area contributed by atoms with Crippen molar-refractivity contribution in [2.24, 2.45) is 0 Å². The minimum Gasteiger partial charge on any atom is -0.351 e. The first kappa shape index (κ1) is 25.2. The van der Waals surface area contributed by atoms with Crippen LogP contribution in [0.1, 0.15) is 29.0 Å². The van der Waals surface area contributed by atoms with E-state index in [4.69, 9.17) is 23.8 Å². The fourth-order valence-corrected chi connectivity index (χ4v) is 5.70. The van der Waals surface area contributed by atoms with Gasteiger partial charge in [-0.1, -0.05) is 17.7 Å². The number of thiocarbonyl (C=S) groups is 1. The Bertz CT molecular complexity index is 1590. The lowest BCUT2D eigenvalue weighted by molar-refractivity contribution is 0.549. The molecule has 7 nitrogen and oxygen atoms in total. The van der Waals surface area contributed by atoms with Crippen molar-refractivity contribution in [2.75, 3.05) is 15.9 Å². The number of rotatable bonds is 6. The Balaban J connectivity index is 1.64. The van der Waals surface area contributed by atoms with E-state index < -0.39 is 15.8 Å². The van der Waals surface area contributed by atoms with Gasteiger partial charge in [-0.15, -0.1) is 0 Å². The minimum atomic E-state index is -3.43. The topological polar surface area (TPSA) is 79.3 Å². The highest BCUT2D eigenvalue weighted by molar-refractivity contribution is 7.92. The van der Waals surface area contributed by atoms with Crippen molar-refractivity contribution in [1.29, 1.82) is 0 Å². The highest BCUT2D eigenvalue weighted by Gasteiger charge is 2.42. The van der Waals surface area contributed by atoms with Gasteiger partial charge in [0.1, 0.15) is 11.9 Å². The Kier molecular flexibility index (Phi) is 6.65. The molecule has 0 amide bonds.